The van der Waals surface area contributed by atoms with Gasteiger partial charge in [0.1, 0.15) is 12.2 Å². The summed E-state index contributed by atoms with van der Waals surface area (Å²) in [5.41, 5.74) is 4.97. The second kappa shape index (κ2) is 11.5. The molecule has 1 aliphatic rings. The normalized spacial score (nSPS) is 14.7. The van der Waals surface area contributed by atoms with Crippen LogP contribution >= 0.6 is 0 Å². The quantitative estimate of drug-likeness (QED) is 0.239. The topological polar surface area (TPSA) is 87.0 Å². The summed E-state index contributed by atoms with van der Waals surface area (Å²) in [5.74, 6) is -0.287. The van der Waals surface area contributed by atoms with Crippen LogP contribution in [-0.4, -0.2) is 67.9 Å². The molecule has 3 aromatic rings. The van der Waals surface area contributed by atoms with Gasteiger partial charge in [0, 0.05) is 68.5 Å². The highest BCUT2D eigenvalue weighted by atomic mass is 19.1. The minimum atomic E-state index is -0.742. The zero-order valence-corrected chi connectivity index (χ0v) is 21.6. The summed E-state index contributed by atoms with van der Waals surface area (Å²) in [6, 6.07) is 19.2. The summed E-state index contributed by atoms with van der Waals surface area (Å²) in [7, 11) is 1.88. The van der Waals surface area contributed by atoms with E-state index in [9.17, 15) is 5.11 Å². The summed E-state index contributed by atoms with van der Waals surface area (Å²) in [4.78, 5) is 8.26. The van der Waals surface area contributed by atoms with Crippen LogP contribution in [-0.2, 0) is 0 Å². The number of benzene rings is 3. The van der Waals surface area contributed by atoms with E-state index in [1.807, 2.05) is 69.4 Å². The van der Waals surface area contributed by atoms with Crippen LogP contribution in [0.1, 0.15) is 19.4 Å². The fourth-order valence-electron chi connectivity index (χ4n) is 4.70. The van der Waals surface area contributed by atoms with Gasteiger partial charge in [0.05, 0.1) is 17.0 Å². The van der Waals surface area contributed by atoms with E-state index < -0.39 is 5.60 Å². The number of piperazine rings is 1. The number of β-amino-alcohol motifs (C(OH)–C–C–N with tert-alkyl or cyclic N) is 1. The van der Waals surface area contributed by atoms with E-state index >= 15 is 4.39 Å². The van der Waals surface area contributed by atoms with Gasteiger partial charge >= 0.3 is 0 Å². The Labute approximate surface area is 218 Å². The number of anilines is 4. The zero-order chi connectivity index (χ0) is 26.4. The van der Waals surface area contributed by atoms with Gasteiger partial charge in [-0.15, -0.1) is 0 Å². The van der Waals surface area contributed by atoms with E-state index in [4.69, 9.17) is 5.41 Å². The molecule has 0 atom stereocenters. The number of nitrogens with one attached hydrogen (secondary N) is 3. The first-order valence-electron chi connectivity index (χ1n) is 12.5. The molecule has 7 nitrogen and oxygen atoms in total. The molecule has 0 amide bonds. The molecule has 8 heteroatoms. The molecular formula is C29H35FN6O. The van der Waals surface area contributed by atoms with Gasteiger partial charge in [-0.05, 0) is 49.7 Å². The molecule has 0 spiro atoms. The van der Waals surface area contributed by atoms with Gasteiger partial charge in [0.25, 0.3) is 0 Å². The Balaban J connectivity index is 1.59. The molecular weight excluding hydrogens is 467 g/mol. The first-order chi connectivity index (χ1) is 17.8. The first-order valence-corrected chi connectivity index (χ1v) is 12.5. The van der Waals surface area contributed by atoms with E-state index in [1.165, 1.54) is 6.07 Å². The second-order valence-electron chi connectivity index (χ2n) is 9.87. The lowest BCUT2D eigenvalue weighted by molar-refractivity contribution is 0.0344. The van der Waals surface area contributed by atoms with Crippen LogP contribution in [0.4, 0.5) is 27.1 Å². The summed E-state index contributed by atoms with van der Waals surface area (Å²) in [5, 5.41) is 24.0. The number of hydrogen-bond acceptors (Lipinski definition) is 6. The molecule has 1 saturated heterocycles. The van der Waals surface area contributed by atoms with Crippen molar-refractivity contribution in [3.05, 3.63) is 72.0 Å². The predicted octanol–water partition coefficient (Wildman–Crippen LogP) is 5.20. The molecule has 3 aromatic carbocycles. The number of rotatable bonds is 9. The molecule has 4 N–H and O–H groups in total. The van der Waals surface area contributed by atoms with Gasteiger partial charge in [-0.3, -0.25) is 10.3 Å². The van der Waals surface area contributed by atoms with Crippen LogP contribution in [0, 0.1) is 11.2 Å². The van der Waals surface area contributed by atoms with Gasteiger partial charge in [0.2, 0.25) is 0 Å². The minimum absolute atomic E-state index is 0.287. The lowest BCUT2D eigenvalue weighted by Crippen LogP contribution is -2.50. The zero-order valence-electron chi connectivity index (χ0n) is 21.6. The molecule has 1 fully saturated rings. The van der Waals surface area contributed by atoms with Crippen LogP contribution in [0.3, 0.4) is 0 Å². The molecule has 0 aromatic heterocycles. The number of halogens is 1. The van der Waals surface area contributed by atoms with Gasteiger partial charge < -0.3 is 20.6 Å². The van der Waals surface area contributed by atoms with Crippen molar-refractivity contribution in [2.24, 2.45) is 4.99 Å². The van der Waals surface area contributed by atoms with E-state index in [-0.39, 0.29) is 5.82 Å². The molecule has 1 heterocycles. The fraction of sp³-hybridized carbons (Fsp3) is 0.310. The lowest BCUT2D eigenvalue weighted by Gasteiger charge is -2.38. The summed E-state index contributed by atoms with van der Waals surface area (Å²) >= 11 is 0. The summed E-state index contributed by atoms with van der Waals surface area (Å²) in [6.07, 6.45) is 2.62. The Morgan fingerprint density at radius 3 is 2.46 bits per heavy atom. The Kier molecular flexibility index (Phi) is 8.21. The average Bonchev–Trinajstić information content (AvgIpc) is 2.88. The van der Waals surface area contributed by atoms with Crippen LogP contribution in [0.15, 0.2) is 65.7 Å². The predicted molar refractivity (Wildman–Crippen MR) is 152 cm³/mol. The average molecular weight is 503 g/mol. The van der Waals surface area contributed by atoms with Crippen molar-refractivity contribution in [2.45, 2.75) is 19.4 Å². The van der Waals surface area contributed by atoms with Gasteiger partial charge in [-0.1, -0.05) is 30.3 Å². The minimum Gasteiger partial charge on any atom is -0.389 e. The third-order valence-corrected chi connectivity index (χ3v) is 6.39. The Hall–Kier alpha value is -3.75. The third-order valence-electron chi connectivity index (χ3n) is 6.39. The van der Waals surface area contributed by atoms with E-state index in [2.05, 4.69) is 31.5 Å². The van der Waals surface area contributed by atoms with Crippen molar-refractivity contribution in [2.75, 3.05) is 55.3 Å². The Morgan fingerprint density at radius 2 is 1.78 bits per heavy atom. The maximum atomic E-state index is 15.3. The molecule has 1 aliphatic heterocycles. The smallest absolute Gasteiger partial charge is 0.148 e. The van der Waals surface area contributed by atoms with Crippen LogP contribution < -0.4 is 15.5 Å². The number of nitrogens with zero attached hydrogens (tertiary/aromatic N) is 3. The van der Waals surface area contributed by atoms with Crippen molar-refractivity contribution in [1.29, 1.82) is 5.41 Å². The summed E-state index contributed by atoms with van der Waals surface area (Å²) < 4.78 is 15.3. The second-order valence-corrected chi connectivity index (χ2v) is 9.87. The standard InChI is InChI=1S/C29H35FN6O/c1-29(2,37)19-35-12-14-36(15-13-35)27-11-10-24(17-26(27)30)34-28-22(18-33-20-31)7-5-9-25(28)21-6-4-8-23(16-21)32-3/h4-11,16-18,20,31-32,34,37H,12-15,19H2,1-3H3. The molecule has 4 rings (SSSR count). The molecule has 0 aliphatic carbocycles. The number of para-hydroxylation sites is 1. The van der Waals surface area contributed by atoms with Crippen LogP contribution in [0.2, 0.25) is 0 Å². The lowest BCUT2D eigenvalue weighted by atomic mass is 9.99. The van der Waals surface area contributed by atoms with Crippen molar-refractivity contribution in [1.82, 2.24) is 4.90 Å². The maximum absolute atomic E-state index is 15.3. The molecule has 194 valence electrons. The van der Waals surface area contributed by atoms with Crippen molar-refractivity contribution in [3.8, 4) is 11.1 Å². The summed E-state index contributed by atoms with van der Waals surface area (Å²) in [6.45, 7) is 7.18. The molecule has 0 radical (unpaired) electrons. The van der Waals surface area contributed by atoms with Crippen LogP contribution in [0.25, 0.3) is 11.1 Å². The van der Waals surface area contributed by atoms with Gasteiger partial charge in [0.15, 0.2) is 0 Å². The fourth-order valence-corrected chi connectivity index (χ4v) is 4.70. The highest BCUT2D eigenvalue weighted by Crippen LogP contribution is 2.35. The maximum Gasteiger partial charge on any atom is 0.148 e. The van der Waals surface area contributed by atoms with Gasteiger partial charge in [-0.25, -0.2) is 9.38 Å². The highest BCUT2D eigenvalue weighted by molar-refractivity contribution is 5.98. The SMILES string of the molecule is CNc1cccc(-c2cccc(C=NC=N)c2Nc2ccc(N3CCN(CC(C)(C)O)CC3)c(F)c2)c1. The number of hydrogen-bond donors (Lipinski definition) is 4. The monoisotopic (exact) mass is 502 g/mol. The van der Waals surface area contributed by atoms with Crippen molar-refractivity contribution in [3.63, 3.8) is 0 Å². The molecule has 0 saturated carbocycles. The van der Waals surface area contributed by atoms with Crippen molar-refractivity contribution < 1.29 is 9.50 Å². The number of aliphatic imine (C=N–C) groups is 1. The third kappa shape index (κ3) is 6.72. The van der Waals surface area contributed by atoms with Crippen LogP contribution in [0.5, 0.6) is 0 Å². The molecule has 0 bridgehead atoms. The Bertz CT molecular complexity index is 1260. The Morgan fingerprint density at radius 1 is 1.03 bits per heavy atom. The largest absolute Gasteiger partial charge is 0.389 e. The first kappa shape index (κ1) is 26.3. The van der Waals surface area contributed by atoms with Crippen molar-refractivity contribution >= 4 is 35.3 Å². The number of aliphatic hydroxyl groups is 1. The highest BCUT2D eigenvalue weighted by Gasteiger charge is 2.24. The van der Waals surface area contributed by atoms with E-state index in [0.717, 1.165) is 47.5 Å². The molecule has 37 heavy (non-hydrogen) atoms. The van der Waals surface area contributed by atoms with Gasteiger partial charge in [-0.2, -0.15) is 0 Å². The van der Waals surface area contributed by atoms with E-state index in [1.54, 1.807) is 6.21 Å². The molecule has 0 unspecified atom stereocenters. The van der Waals surface area contributed by atoms with E-state index in [0.29, 0.717) is 31.0 Å².